The Bertz CT molecular complexity index is 1430. The van der Waals surface area contributed by atoms with Crippen LogP contribution in [0.15, 0.2) is 71.7 Å². The Balaban J connectivity index is 1.37. The lowest BCUT2D eigenvalue weighted by Gasteiger charge is -2.32. The van der Waals surface area contributed by atoms with Gasteiger partial charge in [-0.1, -0.05) is 42.0 Å². The molecule has 0 radical (unpaired) electrons. The van der Waals surface area contributed by atoms with Crippen LogP contribution in [-0.2, 0) is 11.3 Å². The van der Waals surface area contributed by atoms with Gasteiger partial charge in [-0.2, -0.15) is 0 Å². The number of halogens is 1. The number of carbonyl (C=O) groups excluding carboxylic acids is 1. The van der Waals surface area contributed by atoms with Crippen LogP contribution in [0.1, 0.15) is 24.0 Å². The van der Waals surface area contributed by atoms with E-state index in [1.165, 1.54) is 6.07 Å². The van der Waals surface area contributed by atoms with E-state index in [4.69, 9.17) is 0 Å². The Hall–Kier alpha value is -4.07. The van der Waals surface area contributed by atoms with Gasteiger partial charge in [-0.3, -0.25) is 14.2 Å². The Morgan fingerprint density at radius 3 is 2.54 bits per heavy atom. The summed E-state index contributed by atoms with van der Waals surface area (Å²) in [4.78, 5) is 37.2. The monoisotopic (exact) mass is 471 g/mol. The molecule has 7 nitrogen and oxygen atoms in total. The fourth-order valence-electron chi connectivity index (χ4n) is 4.44. The highest BCUT2D eigenvalue weighted by Gasteiger charge is 2.28. The van der Waals surface area contributed by atoms with Crippen LogP contribution in [0.5, 0.6) is 0 Å². The van der Waals surface area contributed by atoms with Gasteiger partial charge in [-0.15, -0.1) is 0 Å². The van der Waals surface area contributed by atoms with Crippen molar-refractivity contribution in [3.05, 3.63) is 94.2 Å². The zero-order chi connectivity index (χ0) is 24.4. The van der Waals surface area contributed by atoms with Crippen molar-refractivity contribution in [1.29, 1.82) is 0 Å². The van der Waals surface area contributed by atoms with E-state index in [0.29, 0.717) is 49.5 Å². The number of anilines is 2. The second kappa shape index (κ2) is 9.66. The average molecular weight is 472 g/mol. The Morgan fingerprint density at radius 2 is 1.80 bits per heavy atom. The van der Waals surface area contributed by atoms with Crippen LogP contribution < -0.4 is 15.8 Å². The number of piperidine rings is 1. The molecule has 1 fully saturated rings. The predicted octanol–water partition coefficient (Wildman–Crippen LogP) is 4.14. The minimum atomic E-state index is -0.457. The fraction of sp³-hybridized carbons (Fsp3) is 0.259. The third-order valence-electron chi connectivity index (χ3n) is 6.44. The summed E-state index contributed by atoms with van der Waals surface area (Å²) < 4.78 is 15.6. The number of pyridine rings is 1. The molecule has 35 heavy (non-hydrogen) atoms. The minimum Gasteiger partial charge on any atom is -0.352 e. The third-order valence-corrected chi connectivity index (χ3v) is 6.44. The van der Waals surface area contributed by atoms with Crippen molar-refractivity contribution < 1.29 is 9.18 Å². The zero-order valence-electron chi connectivity index (χ0n) is 19.4. The number of amides is 1. The highest BCUT2D eigenvalue weighted by atomic mass is 19.1. The number of hydrogen-bond acceptors (Lipinski definition) is 5. The lowest BCUT2D eigenvalue weighted by molar-refractivity contribution is -0.120. The summed E-state index contributed by atoms with van der Waals surface area (Å²) in [5.74, 6) is -0.558. The van der Waals surface area contributed by atoms with E-state index in [0.717, 1.165) is 11.1 Å². The Morgan fingerprint density at radius 1 is 1.06 bits per heavy atom. The van der Waals surface area contributed by atoms with Gasteiger partial charge in [0.2, 0.25) is 5.91 Å². The lowest BCUT2D eigenvalue weighted by atomic mass is 9.96. The normalized spacial score (nSPS) is 14.3. The molecule has 1 N–H and O–H groups in total. The maximum atomic E-state index is 13.9. The van der Waals surface area contributed by atoms with Crippen molar-refractivity contribution in [2.75, 3.05) is 23.3 Å². The maximum absolute atomic E-state index is 13.9. The number of hydrogen-bond donors (Lipinski definition) is 1. The molecule has 2 aromatic carbocycles. The maximum Gasteiger partial charge on any atom is 0.295 e. The molecule has 1 amide bonds. The SMILES string of the molecule is Cc1ccc(Cn2c(=O)c(N3CCC(C(=O)Nc4ccccc4F)CC3)nc3cccnc32)cc1. The number of rotatable bonds is 5. The smallest absolute Gasteiger partial charge is 0.295 e. The van der Waals surface area contributed by atoms with Crippen molar-refractivity contribution in [2.24, 2.45) is 5.92 Å². The quantitative estimate of drug-likeness (QED) is 0.473. The fourth-order valence-corrected chi connectivity index (χ4v) is 4.44. The molecule has 0 unspecified atom stereocenters. The van der Waals surface area contributed by atoms with Gasteiger partial charge in [-0.05, 0) is 49.6 Å². The molecule has 8 heteroatoms. The van der Waals surface area contributed by atoms with Crippen molar-refractivity contribution in [3.63, 3.8) is 0 Å². The minimum absolute atomic E-state index is 0.183. The molecule has 1 aliphatic rings. The van der Waals surface area contributed by atoms with Crippen LogP contribution in [0.2, 0.25) is 0 Å². The van der Waals surface area contributed by atoms with Gasteiger partial charge < -0.3 is 10.2 Å². The third kappa shape index (κ3) is 4.77. The van der Waals surface area contributed by atoms with Gasteiger partial charge in [0.05, 0.1) is 12.2 Å². The summed E-state index contributed by atoms with van der Waals surface area (Å²) in [6.45, 7) is 3.43. The zero-order valence-corrected chi connectivity index (χ0v) is 19.4. The van der Waals surface area contributed by atoms with E-state index >= 15 is 0 Å². The van der Waals surface area contributed by atoms with Crippen LogP contribution in [0, 0.1) is 18.7 Å². The van der Waals surface area contributed by atoms with Crippen molar-refractivity contribution in [3.8, 4) is 0 Å². The van der Waals surface area contributed by atoms with Gasteiger partial charge in [0.25, 0.3) is 5.56 Å². The number of fused-ring (bicyclic) bond motifs is 1. The number of nitrogens with one attached hydrogen (secondary N) is 1. The van der Waals surface area contributed by atoms with Crippen molar-refractivity contribution >= 4 is 28.6 Å². The first kappa shape index (κ1) is 22.7. The molecule has 2 aromatic heterocycles. The largest absolute Gasteiger partial charge is 0.352 e. The van der Waals surface area contributed by atoms with Crippen LogP contribution in [0.25, 0.3) is 11.2 Å². The molecular formula is C27H26FN5O2. The molecule has 5 rings (SSSR count). The first-order valence-electron chi connectivity index (χ1n) is 11.7. The molecule has 0 atom stereocenters. The highest BCUT2D eigenvalue weighted by molar-refractivity contribution is 5.92. The van der Waals surface area contributed by atoms with Gasteiger partial charge in [0.1, 0.15) is 11.3 Å². The summed E-state index contributed by atoms with van der Waals surface area (Å²) in [5, 5.41) is 2.69. The summed E-state index contributed by atoms with van der Waals surface area (Å²) in [5.41, 5.74) is 3.33. The van der Waals surface area contributed by atoms with E-state index in [1.54, 1.807) is 35.0 Å². The van der Waals surface area contributed by atoms with E-state index in [9.17, 15) is 14.0 Å². The lowest BCUT2D eigenvalue weighted by Crippen LogP contribution is -2.42. The molecule has 0 aliphatic carbocycles. The van der Waals surface area contributed by atoms with E-state index in [-0.39, 0.29) is 23.1 Å². The standard InChI is InChI=1S/C27H26FN5O2/c1-18-8-10-19(11-9-18)17-33-24-23(7-4-14-29-24)30-25(27(33)35)32-15-12-20(13-16-32)26(34)31-22-6-3-2-5-21(22)28/h2-11,14,20H,12-13,15-17H2,1H3,(H,31,34). The van der Waals surface area contributed by atoms with Gasteiger partial charge in [0.15, 0.2) is 11.5 Å². The van der Waals surface area contributed by atoms with Gasteiger partial charge in [-0.25, -0.2) is 14.4 Å². The molecule has 1 saturated heterocycles. The first-order valence-corrected chi connectivity index (χ1v) is 11.7. The Kier molecular flexibility index (Phi) is 6.27. The van der Waals surface area contributed by atoms with Crippen LogP contribution in [-0.4, -0.2) is 33.5 Å². The van der Waals surface area contributed by atoms with Crippen molar-refractivity contribution in [1.82, 2.24) is 14.5 Å². The predicted molar refractivity (Wildman–Crippen MR) is 134 cm³/mol. The molecule has 0 saturated carbocycles. The molecule has 178 valence electrons. The highest BCUT2D eigenvalue weighted by Crippen LogP contribution is 2.24. The Labute approximate surface area is 202 Å². The number of carbonyl (C=O) groups is 1. The number of para-hydroxylation sites is 1. The summed E-state index contributed by atoms with van der Waals surface area (Å²) in [7, 11) is 0. The number of nitrogens with zero attached hydrogens (tertiary/aromatic N) is 4. The summed E-state index contributed by atoms with van der Waals surface area (Å²) in [6.07, 6.45) is 2.75. The second-order valence-corrected chi connectivity index (χ2v) is 8.89. The molecular weight excluding hydrogens is 445 g/mol. The topological polar surface area (TPSA) is 80.1 Å². The first-order chi connectivity index (χ1) is 17.0. The number of aromatic nitrogens is 3. The van der Waals surface area contributed by atoms with E-state index in [2.05, 4.69) is 15.3 Å². The molecule has 4 aromatic rings. The molecule has 1 aliphatic heterocycles. The van der Waals surface area contributed by atoms with Crippen molar-refractivity contribution in [2.45, 2.75) is 26.3 Å². The summed E-state index contributed by atoms with van der Waals surface area (Å²) >= 11 is 0. The molecule has 0 spiro atoms. The van der Waals surface area contributed by atoms with Crippen LogP contribution in [0.3, 0.4) is 0 Å². The van der Waals surface area contributed by atoms with Crippen LogP contribution >= 0.6 is 0 Å². The van der Waals surface area contributed by atoms with E-state index in [1.807, 2.05) is 42.2 Å². The average Bonchev–Trinajstić information content (AvgIpc) is 2.88. The van der Waals surface area contributed by atoms with Gasteiger partial charge >= 0.3 is 0 Å². The second-order valence-electron chi connectivity index (χ2n) is 8.89. The molecule has 0 bridgehead atoms. The summed E-state index contributed by atoms with van der Waals surface area (Å²) in [6, 6.07) is 17.9. The van der Waals surface area contributed by atoms with Crippen LogP contribution in [0.4, 0.5) is 15.9 Å². The van der Waals surface area contributed by atoms with E-state index < -0.39 is 5.82 Å². The molecule has 3 heterocycles. The number of benzene rings is 2. The number of aryl methyl sites for hydroxylation is 1. The van der Waals surface area contributed by atoms with Gasteiger partial charge in [0, 0.05) is 25.2 Å².